The second-order valence-corrected chi connectivity index (χ2v) is 15.1. The lowest BCUT2D eigenvalue weighted by molar-refractivity contribution is -0.139. The van der Waals surface area contributed by atoms with E-state index in [1.165, 1.54) is 49.0 Å². The van der Waals surface area contributed by atoms with E-state index in [1.54, 1.807) is 6.92 Å². The van der Waals surface area contributed by atoms with Gasteiger partial charge in [-0.1, -0.05) is 40.2 Å². The quantitative estimate of drug-likeness (QED) is 0.390. The van der Waals surface area contributed by atoms with Crippen LogP contribution in [0.25, 0.3) is 0 Å². The highest BCUT2D eigenvalue weighted by molar-refractivity contribution is 9.10. The van der Waals surface area contributed by atoms with Gasteiger partial charge in [0.2, 0.25) is 21.8 Å². The summed E-state index contributed by atoms with van der Waals surface area (Å²) in [6.07, 6.45) is 8.92. The molecule has 4 saturated carbocycles. The van der Waals surface area contributed by atoms with Crippen molar-refractivity contribution in [2.45, 2.75) is 70.4 Å². The van der Waals surface area contributed by atoms with Crippen LogP contribution in [0.5, 0.6) is 0 Å². The van der Waals surface area contributed by atoms with Crippen LogP contribution in [0.15, 0.2) is 53.0 Å². The van der Waals surface area contributed by atoms with Crippen molar-refractivity contribution >= 4 is 43.5 Å². The molecule has 1 N–H and O–H groups in total. The molecule has 0 aromatic heterocycles. The van der Waals surface area contributed by atoms with Crippen molar-refractivity contribution in [3.05, 3.63) is 64.1 Å². The number of halogens is 1. The zero-order valence-electron chi connectivity index (χ0n) is 23.6. The van der Waals surface area contributed by atoms with Gasteiger partial charge in [0.05, 0.1) is 11.9 Å². The topological polar surface area (TPSA) is 86.8 Å². The van der Waals surface area contributed by atoms with Crippen LogP contribution in [0.3, 0.4) is 0 Å². The van der Waals surface area contributed by atoms with Gasteiger partial charge in [0, 0.05) is 17.6 Å². The van der Waals surface area contributed by atoms with Crippen molar-refractivity contribution in [1.82, 2.24) is 10.2 Å². The number of benzene rings is 2. The monoisotopic (exact) mass is 629 g/mol. The SMILES string of the molecule is CCNC(=O)C(C)N(Cc1ccc(Br)cc1)C(=O)CN(c1ccc(C23CC4CC(CC(C4)C2)C3)cc1)S(C)(=O)=O. The first-order chi connectivity index (χ1) is 19.0. The average molecular weight is 631 g/mol. The Morgan fingerprint density at radius 1 is 0.975 bits per heavy atom. The fraction of sp³-hybridized carbons (Fsp3) is 0.548. The third kappa shape index (κ3) is 6.10. The Morgan fingerprint density at radius 3 is 2.02 bits per heavy atom. The number of carbonyl (C=O) groups is 2. The molecule has 1 unspecified atom stereocenters. The third-order valence-electron chi connectivity index (χ3n) is 9.27. The molecular formula is C31H40BrN3O4S. The van der Waals surface area contributed by atoms with Crippen LogP contribution in [0.4, 0.5) is 5.69 Å². The zero-order valence-corrected chi connectivity index (χ0v) is 26.0. The third-order valence-corrected chi connectivity index (χ3v) is 10.9. The normalized spacial score (nSPS) is 25.9. The summed E-state index contributed by atoms with van der Waals surface area (Å²) in [5.41, 5.74) is 2.83. The van der Waals surface area contributed by atoms with E-state index >= 15 is 0 Å². The predicted molar refractivity (Wildman–Crippen MR) is 161 cm³/mol. The Kier molecular flexibility index (Phi) is 8.35. The Balaban J connectivity index is 1.38. The highest BCUT2D eigenvalue weighted by Crippen LogP contribution is 2.60. The van der Waals surface area contributed by atoms with Crippen LogP contribution in [0, 0.1) is 17.8 Å². The summed E-state index contributed by atoms with van der Waals surface area (Å²) in [6.45, 7) is 3.74. The summed E-state index contributed by atoms with van der Waals surface area (Å²) >= 11 is 3.43. The number of hydrogen-bond acceptors (Lipinski definition) is 4. The van der Waals surface area contributed by atoms with Crippen molar-refractivity contribution in [1.29, 1.82) is 0 Å². The maximum Gasteiger partial charge on any atom is 0.244 e. The van der Waals surface area contributed by atoms with E-state index in [9.17, 15) is 18.0 Å². The van der Waals surface area contributed by atoms with Gasteiger partial charge in [-0.3, -0.25) is 13.9 Å². The molecule has 0 radical (unpaired) electrons. The van der Waals surface area contributed by atoms with Crippen molar-refractivity contribution in [3.8, 4) is 0 Å². The number of hydrogen-bond donors (Lipinski definition) is 1. The van der Waals surface area contributed by atoms with Gasteiger partial charge in [-0.2, -0.15) is 0 Å². The van der Waals surface area contributed by atoms with Gasteiger partial charge in [0.25, 0.3) is 0 Å². The second kappa shape index (κ2) is 11.5. The van der Waals surface area contributed by atoms with E-state index < -0.39 is 22.0 Å². The molecule has 4 fully saturated rings. The predicted octanol–water partition coefficient (Wildman–Crippen LogP) is 5.24. The molecule has 2 aromatic rings. The lowest BCUT2D eigenvalue weighted by atomic mass is 9.48. The van der Waals surface area contributed by atoms with Crippen LogP contribution in [0.1, 0.15) is 63.5 Å². The number of likely N-dealkylation sites (N-methyl/N-ethyl adjacent to an activating group) is 1. The first-order valence-corrected chi connectivity index (χ1v) is 17.0. The second-order valence-electron chi connectivity index (χ2n) is 12.2. The largest absolute Gasteiger partial charge is 0.355 e. The average Bonchev–Trinajstić information content (AvgIpc) is 2.90. The number of amides is 2. The molecule has 0 spiro atoms. The number of sulfonamides is 1. The van der Waals surface area contributed by atoms with Crippen LogP contribution in [-0.4, -0.2) is 50.5 Å². The van der Waals surface area contributed by atoms with Gasteiger partial charge < -0.3 is 10.2 Å². The molecule has 0 saturated heterocycles. The number of nitrogens with one attached hydrogen (secondary N) is 1. The molecule has 4 bridgehead atoms. The molecule has 2 aromatic carbocycles. The Hall–Kier alpha value is -2.39. The van der Waals surface area contributed by atoms with Crippen molar-refractivity contribution in [3.63, 3.8) is 0 Å². The summed E-state index contributed by atoms with van der Waals surface area (Å²) in [7, 11) is -3.76. The Bertz CT molecular complexity index is 1310. The van der Waals surface area contributed by atoms with Crippen LogP contribution in [-0.2, 0) is 31.6 Å². The molecular weight excluding hydrogens is 590 g/mol. The summed E-state index contributed by atoms with van der Waals surface area (Å²) in [4.78, 5) is 27.9. The zero-order chi connectivity index (χ0) is 28.7. The molecule has 0 aliphatic heterocycles. The van der Waals surface area contributed by atoms with Crippen LogP contribution in [0.2, 0.25) is 0 Å². The molecule has 0 heterocycles. The molecule has 4 aliphatic carbocycles. The standard InChI is InChI=1S/C31H40BrN3O4S/c1-4-33-30(37)21(2)34(19-22-5-9-27(32)10-6-22)29(36)20-35(40(3,38)39)28-11-7-26(8-12-28)31-16-23-13-24(17-31)15-25(14-23)18-31/h5-12,21,23-25H,4,13-20H2,1-3H3,(H,33,37). The smallest absolute Gasteiger partial charge is 0.244 e. The fourth-order valence-electron chi connectivity index (χ4n) is 7.75. The van der Waals surface area contributed by atoms with Gasteiger partial charge in [-0.25, -0.2) is 8.42 Å². The minimum Gasteiger partial charge on any atom is -0.355 e. The highest BCUT2D eigenvalue weighted by atomic mass is 79.9. The number of anilines is 1. The maximum atomic E-state index is 13.7. The lowest BCUT2D eigenvalue weighted by Crippen LogP contribution is -2.51. The molecule has 2 amide bonds. The summed E-state index contributed by atoms with van der Waals surface area (Å²) in [5.74, 6) is 1.75. The summed E-state index contributed by atoms with van der Waals surface area (Å²) in [5, 5.41) is 2.78. The van der Waals surface area contributed by atoms with Gasteiger partial charge in [-0.05, 0) is 111 Å². The van der Waals surface area contributed by atoms with Gasteiger partial charge >= 0.3 is 0 Å². The molecule has 40 heavy (non-hydrogen) atoms. The van der Waals surface area contributed by atoms with Crippen molar-refractivity contribution in [2.24, 2.45) is 17.8 Å². The van der Waals surface area contributed by atoms with Gasteiger partial charge in [0.1, 0.15) is 12.6 Å². The summed E-state index contributed by atoms with van der Waals surface area (Å²) in [6, 6.07) is 14.6. The molecule has 9 heteroatoms. The molecule has 7 nitrogen and oxygen atoms in total. The molecule has 1 atom stereocenters. The van der Waals surface area contributed by atoms with Gasteiger partial charge in [0.15, 0.2) is 0 Å². The number of rotatable bonds is 10. The van der Waals surface area contributed by atoms with Crippen LogP contribution < -0.4 is 9.62 Å². The highest BCUT2D eigenvalue weighted by Gasteiger charge is 2.51. The Morgan fingerprint density at radius 2 is 1.52 bits per heavy atom. The van der Waals surface area contributed by atoms with E-state index in [4.69, 9.17) is 0 Å². The molecule has 4 aliphatic rings. The first kappa shape index (κ1) is 29.1. The fourth-order valence-corrected chi connectivity index (χ4v) is 8.86. The van der Waals surface area contributed by atoms with Crippen LogP contribution >= 0.6 is 15.9 Å². The minimum atomic E-state index is -3.76. The minimum absolute atomic E-state index is 0.187. The van der Waals surface area contributed by atoms with Crippen molar-refractivity contribution < 1.29 is 18.0 Å². The van der Waals surface area contributed by atoms with Crippen molar-refractivity contribution in [2.75, 3.05) is 23.7 Å². The van der Waals surface area contributed by atoms with E-state index in [0.29, 0.717) is 12.2 Å². The first-order valence-electron chi connectivity index (χ1n) is 14.4. The lowest BCUT2D eigenvalue weighted by Gasteiger charge is -2.57. The van der Waals surface area contributed by atoms with E-state index in [2.05, 4.69) is 33.4 Å². The number of carbonyl (C=O) groups excluding carboxylic acids is 2. The molecule has 6 rings (SSSR count). The van der Waals surface area contributed by atoms with E-state index in [-0.39, 0.29) is 24.4 Å². The summed E-state index contributed by atoms with van der Waals surface area (Å²) < 4.78 is 28.0. The maximum absolute atomic E-state index is 13.7. The number of nitrogens with zero attached hydrogens (tertiary/aromatic N) is 2. The van der Waals surface area contributed by atoms with Gasteiger partial charge in [-0.15, -0.1) is 0 Å². The van der Waals surface area contributed by atoms with E-state index in [0.717, 1.165) is 38.4 Å². The Labute approximate surface area is 246 Å². The molecule has 216 valence electrons. The van der Waals surface area contributed by atoms with E-state index in [1.807, 2.05) is 43.3 Å².